The molecule has 8 saturated carbocycles. The van der Waals surface area contributed by atoms with Gasteiger partial charge in [0.2, 0.25) is 5.91 Å². The fourth-order valence-corrected chi connectivity index (χ4v) is 10.1. The Morgan fingerprint density at radius 3 is 1.42 bits per heavy atom. The first-order chi connectivity index (χ1) is 11.6. The first-order valence-corrected chi connectivity index (χ1v) is 11.0. The van der Waals surface area contributed by atoms with E-state index >= 15 is 0 Å². The maximum atomic E-state index is 13.2. The van der Waals surface area contributed by atoms with E-state index in [9.17, 15) is 4.79 Å². The highest BCUT2D eigenvalue weighted by Gasteiger charge is 2.70. The Bertz CT molecular complexity index is 499. The summed E-state index contributed by atoms with van der Waals surface area (Å²) in [5.74, 6) is 6.40. The molecular weight excluding hydrogens is 294 g/mol. The van der Waals surface area contributed by atoms with E-state index in [-0.39, 0.29) is 0 Å². The molecule has 2 nitrogen and oxygen atoms in total. The summed E-state index contributed by atoms with van der Waals surface area (Å²) in [6, 6.07) is 0.363. The van der Waals surface area contributed by atoms with Crippen LogP contribution in [0.1, 0.15) is 77.0 Å². The summed E-state index contributed by atoms with van der Waals surface area (Å²) in [6.07, 6.45) is 17.3. The highest BCUT2D eigenvalue weighted by atomic mass is 16.2. The molecule has 1 saturated heterocycles. The zero-order valence-corrected chi connectivity index (χ0v) is 14.9. The summed E-state index contributed by atoms with van der Waals surface area (Å²) in [5, 5.41) is 0. The molecule has 1 atom stereocenters. The average Bonchev–Trinajstić information content (AvgIpc) is 3.18. The number of hydrogen-bond donors (Lipinski definition) is 0. The summed E-state index contributed by atoms with van der Waals surface area (Å²) < 4.78 is 0. The number of carbonyl (C=O) groups is 1. The van der Waals surface area contributed by atoms with Gasteiger partial charge in [0.1, 0.15) is 6.04 Å². The first kappa shape index (κ1) is 13.6. The molecule has 0 spiro atoms. The van der Waals surface area contributed by atoms with Crippen molar-refractivity contribution in [2.24, 2.45) is 40.9 Å². The molecule has 0 N–H and O–H groups in total. The second kappa shape index (κ2) is 4.07. The third-order valence-electron chi connectivity index (χ3n) is 9.84. The smallest absolute Gasteiger partial charge is 0.247 e. The normalized spacial score (nSPS) is 62.6. The number of amides is 1. The van der Waals surface area contributed by atoms with Crippen LogP contribution in [-0.4, -0.2) is 22.4 Å². The van der Waals surface area contributed by atoms with Crippen molar-refractivity contribution in [3.8, 4) is 0 Å². The van der Waals surface area contributed by atoms with Crippen LogP contribution < -0.4 is 0 Å². The van der Waals surface area contributed by atoms with Gasteiger partial charge in [-0.15, -0.1) is 0 Å². The quantitative estimate of drug-likeness (QED) is 0.690. The molecule has 1 aliphatic heterocycles. The summed E-state index contributed by atoms with van der Waals surface area (Å²) in [6.45, 7) is 0. The van der Waals surface area contributed by atoms with Gasteiger partial charge in [-0.25, -0.2) is 0 Å². The molecule has 8 bridgehead atoms. The molecule has 24 heavy (non-hydrogen) atoms. The second-order valence-electron chi connectivity index (χ2n) is 11.5. The lowest BCUT2D eigenvalue weighted by molar-refractivity contribution is -0.121. The van der Waals surface area contributed by atoms with Gasteiger partial charge >= 0.3 is 0 Å². The maximum Gasteiger partial charge on any atom is 0.247 e. The van der Waals surface area contributed by atoms with Gasteiger partial charge in [-0.1, -0.05) is 0 Å². The highest BCUT2D eigenvalue weighted by molar-refractivity contribution is 5.99. The van der Waals surface area contributed by atoms with Crippen LogP contribution >= 0.6 is 0 Å². The van der Waals surface area contributed by atoms with Gasteiger partial charge in [0, 0.05) is 11.0 Å². The highest BCUT2D eigenvalue weighted by Crippen LogP contribution is 2.68. The summed E-state index contributed by atoms with van der Waals surface area (Å²) in [4.78, 5) is 15.7. The van der Waals surface area contributed by atoms with E-state index < -0.39 is 0 Å². The van der Waals surface area contributed by atoms with Crippen molar-refractivity contribution in [2.45, 2.75) is 88.6 Å². The third kappa shape index (κ3) is 1.58. The maximum absolute atomic E-state index is 13.2. The Kier molecular flexibility index (Phi) is 2.31. The van der Waals surface area contributed by atoms with E-state index in [0.29, 0.717) is 22.9 Å². The molecule has 8 aliphatic carbocycles. The number of carbonyl (C=O) groups excluding carboxylic acids is 1. The van der Waals surface area contributed by atoms with E-state index in [4.69, 9.17) is 0 Å². The molecule has 130 valence electrons. The summed E-state index contributed by atoms with van der Waals surface area (Å²) in [7, 11) is 0. The van der Waals surface area contributed by atoms with Crippen molar-refractivity contribution in [1.82, 2.24) is 4.90 Å². The SMILES string of the molecule is O=C1C(C23CC4CC(CC(C4)C2)C3)N1C12CC3CC(CC(C3)C1)C2. The monoisotopic (exact) mass is 325 g/mol. The van der Waals surface area contributed by atoms with Crippen LogP contribution in [0.5, 0.6) is 0 Å². The minimum atomic E-state index is 0.333. The fraction of sp³-hybridized carbons (Fsp3) is 0.955. The molecule has 0 aromatic heterocycles. The van der Waals surface area contributed by atoms with Gasteiger partial charge < -0.3 is 4.90 Å². The van der Waals surface area contributed by atoms with Crippen molar-refractivity contribution in [2.75, 3.05) is 0 Å². The third-order valence-corrected chi connectivity index (χ3v) is 9.84. The van der Waals surface area contributed by atoms with E-state index in [1.807, 2.05) is 0 Å². The van der Waals surface area contributed by atoms with E-state index in [1.165, 1.54) is 77.0 Å². The van der Waals surface area contributed by atoms with Crippen LogP contribution in [0.2, 0.25) is 0 Å². The van der Waals surface area contributed by atoms with Crippen LogP contribution in [0.15, 0.2) is 0 Å². The number of nitrogens with zero attached hydrogens (tertiary/aromatic N) is 1. The minimum Gasteiger partial charge on any atom is -0.323 e. The van der Waals surface area contributed by atoms with Crippen molar-refractivity contribution < 1.29 is 4.79 Å². The van der Waals surface area contributed by atoms with E-state index in [1.54, 1.807) is 0 Å². The molecule has 0 aromatic carbocycles. The Morgan fingerprint density at radius 1 is 0.625 bits per heavy atom. The molecule has 9 aliphatic rings. The van der Waals surface area contributed by atoms with Crippen LogP contribution in [0, 0.1) is 40.9 Å². The predicted octanol–water partition coefficient (Wildman–Crippen LogP) is 4.38. The van der Waals surface area contributed by atoms with Crippen molar-refractivity contribution in [1.29, 1.82) is 0 Å². The lowest BCUT2D eigenvalue weighted by Gasteiger charge is -2.59. The Morgan fingerprint density at radius 2 is 1.00 bits per heavy atom. The number of rotatable bonds is 2. The zero-order chi connectivity index (χ0) is 15.7. The molecule has 0 aromatic rings. The molecule has 1 heterocycles. The van der Waals surface area contributed by atoms with Crippen molar-refractivity contribution in [3.63, 3.8) is 0 Å². The lowest BCUT2D eigenvalue weighted by atomic mass is 9.48. The summed E-state index contributed by atoms with van der Waals surface area (Å²) in [5.41, 5.74) is 0.759. The Hall–Kier alpha value is -0.530. The fourth-order valence-electron chi connectivity index (χ4n) is 10.1. The van der Waals surface area contributed by atoms with Gasteiger partial charge in [-0.2, -0.15) is 0 Å². The lowest BCUT2D eigenvalue weighted by Crippen LogP contribution is -2.57. The molecule has 1 amide bonds. The van der Waals surface area contributed by atoms with E-state index in [2.05, 4.69) is 4.90 Å². The molecule has 2 heteroatoms. The van der Waals surface area contributed by atoms with Gasteiger partial charge in [0.05, 0.1) is 0 Å². The standard InChI is InChI=1S/C22H31NO/c24-20-19(21-7-13-1-14(8-21)3-15(2-13)9-21)23(20)22-10-16-4-17(11-22)6-18(5-16)12-22/h13-19H,1-12H2. The molecule has 1 unspecified atom stereocenters. The first-order valence-electron chi connectivity index (χ1n) is 11.0. The average molecular weight is 325 g/mol. The Labute approximate surface area is 145 Å². The zero-order valence-electron chi connectivity index (χ0n) is 14.9. The van der Waals surface area contributed by atoms with Crippen LogP contribution in [0.3, 0.4) is 0 Å². The minimum absolute atomic E-state index is 0.333. The second-order valence-corrected chi connectivity index (χ2v) is 11.5. The largest absolute Gasteiger partial charge is 0.323 e. The van der Waals surface area contributed by atoms with Crippen molar-refractivity contribution >= 4 is 5.91 Å². The van der Waals surface area contributed by atoms with Gasteiger partial charge in [-0.05, 0) is 113 Å². The Balaban J connectivity index is 1.23. The van der Waals surface area contributed by atoms with Crippen LogP contribution in [0.4, 0.5) is 0 Å². The van der Waals surface area contributed by atoms with Crippen molar-refractivity contribution in [3.05, 3.63) is 0 Å². The van der Waals surface area contributed by atoms with Gasteiger partial charge in [-0.3, -0.25) is 4.79 Å². The predicted molar refractivity (Wildman–Crippen MR) is 92.1 cm³/mol. The molecule has 9 rings (SSSR count). The summed E-state index contributed by atoms with van der Waals surface area (Å²) >= 11 is 0. The number of hydrogen-bond acceptors (Lipinski definition) is 1. The molecule has 0 radical (unpaired) electrons. The van der Waals surface area contributed by atoms with E-state index in [0.717, 1.165) is 35.5 Å². The van der Waals surface area contributed by atoms with Crippen LogP contribution in [0.25, 0.3) is 0 Å². The van der Waals surface area contributed by atoms with Gasteiger partial charge in [0.25, 0.3) is 0 Å². The van der Waals surface area contributed by atoms with Gasteiger partial charge in [0.15, 0.2) is 0 Å². The topological polar surface area (TPSA) is 20.1 Å². The molecule has 9 fully saturated rings. The molecular formula is C22H31NO. The van der Waals surface area contributed by atoms with Crippen LogP contribution in [-0.2, 0) is 4.79 Å².